The van der Waals surface area contributed by atoms with Crippen molar-refractivity contribution in [1.82, 2.24) is 10.3 Å². The maximum atomic E-state index is 12.9. The van der Waals surface area contributed by atoms with Gasteiger partial charge < -0.3 is 5.32 Å². The van der Waals surface area contributed by atoms with Crippen molar-refractivity contribution in [2.75, 3.05) is 0 Å². The minimum Gasteiger partial charge on any atom is -0.346 e. The van der Waals surface area contributed by atoms with E-state index in [-0.39, 0.29) is 22.6 Å². The number of hydrogen-bond donors (Lipinski definition) is 1. The molecular formula is C14H21FN2O. The Balaban J connectivity index is 2.75. The van der Waals surface area contributed by atoms with Gasteiger partial charge in [-0.2, -0.15) is 4.39 Å². The van der Waals surface area contributed by atoms with E-state index in [9.17, 15) is 9.18 Å². The van der Waals surface area contributed by atoms with Gasteiger partial charge in [0.15, 0.2) is 0 Å². The Morgan fingerprint density at radius 2 is 1.89 bits per heavy atom. The molecule has 1 aromatic heterocycles. The number of nitrogens with one attached hydrogen (secondary N) is 1. The van der Waals surface area contributed by atoms with Crippen molar-refractivity contribution in [3.63, 3.8) is 0 Å². The fraction of sp³-hybridized carbons (Fsp3) is 0.571. The molecular weight excluding hydrogens is 231 g/mol. The molecule has 4 heteroatoms. The van der Waals surface area contributed by atoms with Gasteiger partial charge in [0.25, 0.3) is 5.91 Å². The van der Waals surface area contributed by atoms with Gasteiger partial charge in [-0.3, -0.25) is 4.79 Å². The van der Waals surface area contributed by atoms with Crippen molar-refractivity contribution >= 4 is 5.91 Å². The van der Waals surface area contributed by atoms with Crippen LogP contribution in [0.2, 0.25) is 0 Å². The lowest BCUT2D eigenvalue weighted by Gasteiger charge is -2.33. The van der Waals surface area contributed by atoms with E-state index < -0.39 is 5.95 Å². The number of aromatic nitrogens is 1. The molecule has 1 heterocycles. The van der Waals surface area contributed by atoms with Crippen LogP contribution in [0.4, 0.5) is 4.39 Å². The minimum absolute atomic E-state index is 0.103. The van der Waals surface area contributed by atoms with E-state index in [1.807, 2.05) is 13.8 Å². The first-order valence-corrected chi connectivity index (χ1v) is 6.04. The zero-order chi connectivity index (χ0) is 14.0. The SMILES string of the molecule is CC(C)(C)CC(C)(C)NC(=O)c1cccc(F)n1. The summed E-state index contributed by atoms with van der Waals surface area (Å²) < 4.78 is 12.9. The lowest BCUT2D eigenvalue weighted by atomic mass is 9.82. The molecule has 100 valence electrons. The number of hydrogen-bond acceptors (Lipinski definition) is 2. The van der Waals surface area contributed by atoms with Crippen LogP contribution >= 0.6 is 0 Å². The summed E-state index contributed by atoms with van der Waals surface area (Å²) in [5.41, 5.74) is -0.146. The van der Waals surface area contributed by atoms with Gasteiger partial charge in [0.2, 0.25) is 5.95 Å². The molecule has 1 aromatic rings. The number of amides is 1. The molecule has 0 spiro atoms. The van der Waals surface area contributed by atoms with Gasteiger partial charge in [-0.25, -0.2) is 4.98 Å². The second-order valence-electron chi connectivity index (χ2n) is 6.42. The summed E-state index contributed by atoms with van der Waals surface area (Å²) in [6.45, 7) is 10.2. The zero-order valence-electron chi connectivity index (χ0n) is 11.7. The zero-order valence-corrected chi connectivity index (χ0v) is 11.7. The first-order valence-electron chi connectivity index (χ1n) is 6.04. The normalized spacial score (nSPS) is 12.3. The standard InChI is InChI=1S/C14H21FN2O/c1-13(2,3)9-14(4,5)17-12(18)10-7-6-8-11(15)16-10/h6-8H,9H2,1-5H3,(H,17,18). The molecule has 0 atom stereocenters. The van der Waals surface area contributed by atoms with E-state index in [0.29, 0.717) is 0 Å². The van der Waals surface area contributed by atoms with E-state index in [1.165, 1.54) is 18.2 Å². The second-order valence-corrected chi connectivity index (χ2v) is 6.42. The topological polar surface area (TPSA) is 42.0 Å². The van der Waals surface area contributed by atoms with Crippen LogP contribution in [0.3, 0.4) is 0 Å². The first kappa shape index (κ1) is 14.6. The highest BCUT2D eigenvalue weighted by atomic mass is 19.1. The van der Waals surface area contributed by atoms with Gasteiger partial charge in [0.1, 0.15) is 5.69 Å². The molecule has 0 bridgehead atoms. The Hall–Kier alpha value is -1.45. The molecule has 1 amide bonds. The highest BCUT2D eigenvalue weighted by Crippen LogP contribution is 2.26. The Morgan fingerprint density at radius 1 is 1.28 bits per heavy atom. The molecule has 18 heavy (non-hydrogen) atoms. The number of carbonyl (C=O) groups is 1. The second kappa shape index (κ2) is 5.04. The summed E-state index contributed by atoms with van der Waals surface area (Å²) in [6.07, 6.45) is 0.820. The van der Waals surface area contributed by atoms with Crippen LogP contribution in [0.1, 0.15) is 51.5 Å². The van der Waals surface area contributed by atoms with Crippen LogP contribution < -0.4 is 5.32 Å². The predicted octanol–water partition coefficient (Wildman–Crippen LogP) is 3.17. The molecule has 1 rings (SSSR count). The molecule has 0 unspecified atom stereocenters. The molecule has 1 N–H and O–H groups in total. The monoisotopic (exact) mass is 252 g/mol. The fourth-order valence-electron chi connectivity index (χ4n) is 2.28. The summed E-state index contributed by atoms with van der Waals surface area (Å²) in [5.74, 6) is -0.986. The molecule has 0 saturated carbocycles. The van der Waals surface area contributed by atoms with Crippen molar-refractivity contribution in [2.45, 2.75) is 46.6 Å². The maximum Gasteiger partial charge on any atom is 0.270 e. The van der Waals surface area contributed by atoms with E-state index in [0.717, 1.165) is 6.42 Å². The van der Waals surface area contributed by atoms with Crippen molar-refractivity contribution in [2.24, 2.45) is 5.41 Å². The molecule has 0 aromatic carbocycles. The van der Waals surface area contributed by atoms with E-state index >= 15 is 0 Å². The largest absolute Gasteiger partial charge is 0.346 e. The van der Waals surface area contributed by atoms with Gasteiger partial charge in [0, 0.05) is 5.54 Å². The van der Waals surface area contributed by atoms with Crippen LogP contribution in [0.5, 0.6) is 0 Å². The number of nitrogens with zero attached hydrogens (tertiary/aromatic N) is 1. The first-order chi connectivity index (χ1) is 8.09. The predicted molar refractivity (Wildman–Crippen MR) is 69.8 cm³/mol. The maximum absolute atomic E-state index is 12.9. The summed E-state index contributed by atoms with van der Waals surface area (Å²) in [5, 5.41) is 2.89. The Bertz CT molecular complexity index is 436. The minimum atomic E-state index is -0.642. The summed E-state index contributed by atoms with van der Waals surface area (Å²) in [7, 11) is 0. The third kappa shape index (κ3) is 4.82. The van der Waals surface area contributed by atoms with Gasteiger partial charge in [0.05, 0.1) is 0 Å². The molecule has 0 radical (unpaired) electrons. The van der Waals surface area contributed by atoms with Crippen molar-refractivity contribution < 1.29 is 9.18 Å². The van der Waals surface area contributed by atoms with Crippen LogP contribution in [0, 0.1) is 11.4 Å². The van der Waals surface area contributed by atoms with E-state index in [2.05, 4.69) is 31.1 Å². The molecule has 0 saturated heterocycles. The van der Waals surface area contributed by atoms with Gasteiger partial charge in [-0.05, 0) is 37.8 Å². The number of pyridine rings is 1. The van der Waals surface area contributed by atoms with Crippen LogP contribution in [0.15, 0.2) is 18.2 Å². The smallest absolute Gasteiger partial charge is 0.270 e. The quantitative estimate of drug-likeness (QED) is 0.840. The Kier molecular flexibility index (Phi) is 4.09. The number of rotatable bonds is 3. The molecule has 3 nitrogen and oxygen atoms in total. The lowest BCUT2D eigenvalue weighted by Crippen LogP contribution is -2.46. The van der Waals surface area contributed by atoms with Crippen LogP contribution in [-0.4, -0.2) is 16.4 Å². The third-order valence-electron chi connectivity index (χ3n) is 2.37. The van der Waals surface area contributed by atoms with Crippen molar-refractivity contribution in [3.05, 3.63) is 29.8 Å². The molecule has 0 aliphatic carbocycles. The number of carbonyl (C=O) groups excluding carboxylic acids is 1. The van der Waals surface area contributed by atoms with Crippen LogP contribution in [0.25, 0.3) is 0 Å². The van der Waals surface area contributed by atoms with Crippen molar-refractivity contribution in [3.8, 4) is 0 Å². The van der Waals surface area contributed by atoms with Crippen molar-refractivity contribution in [1.29, 1.82) is 0 Å². The number of halogens is 1. The average Bonchev–Trinajstić information content (AvgIpc) is 2.12. The lowest BCUT2D eigenvalue weighted by molar-refractivity contribution is 0.0885. The van der Waals surface area contributed by atoms with Gasteiger partial charge >= 0.3 is 0 Å². The molecule has 0 fully saturated rings. The van der Waals surface area contributed by atoms with E-state index in [1.54, 1.807) is 0 Å². The summed E-state index contributed by atoms with van der Waals surface area (Å²) in [6, 6.07) is 4.21. The van der Waals surface area contributed by atoms with Gasteiger partial charge in [-0.15, -0.1) is 0 Å². The van der Waals surface area contributed by atoms with Gasteiger partial charge in [-0.1, -0.05) is 26.8 Å². The summed E-state index contributed by atoms with van der Waals surface area (Å²) >= 11 is 0. The average molecular weight is 252 g/mol. The fourth-order valence-corrected chi connectivity index (χ4v) is 2.28. The third-order valence-corrected chi connectivity index (χ3v) is 2.37. The Labute approximate surface area is 108 Å². The molecule has 0 aliphatic rings. The Morgan fingerprint density at radius 3 is 2.39 bits per heavy atom. The van der Waals surface area contributed by atoms with E-state index in [4.69, 9.17) is 0 Å². The highest BCUT2D eigenvalue weighted by Gasteiger charge is 2.27. The highest BCUT2D eigenvalue weighted by molar-refractivity contribution is 5.92. The molecule has 0 aliphatic heterocycles. The van der Waals surface area contributed by atoms with Crippen LogP contribution in [-0.2, 0) is 0 Å². The summed E-state index contributed by atoms with van der Waals surface area (Å²) in [4.78, 5) is 15.5.